The SMILES string of the molecule is CCCCCC(=O)Oc1cc(C(=O)OCc2ccccc2Br)cc(OC(=O)CCCCC)c1OC(=O)CCCCC. The Kier molecular flexibility index (Phi) is 15.8. The van der Waals surface area contributed by atoms with Crippen LogP contribution < -0.4 is 14.2 Å². The van der Waals surface area contributed by atoms with Crippen LogP contribution in [0.15, 0.2) is 40.9 Å². The van der Waals surface area contributed by atoms with Crippen molar-refractivity contribution >= 4 is 39.8 Å². The van der Waals surface area contributed by atoms with Crippen LogP contribution in [0, 0.1) is 0 Å². The first-order valence-electron chi connectivity index (χ1n) is 14.5. The van der Waals surface area contributed by atoms with Gasteiger partial charge in [0.2, 0.25) is 5.75 Å². The van der Waals surface area contributed by atoms with Crippen LogP contribution in [0.1, 0.15) is 114 Å². The van der Waals surface area contributed by atoms with Crippen LogP contribution in [-0.2, 0) is 25.7 Å². The molecule has 2 aromatic carbocycles. The van der Waals surface area contributed by atoms with Crippen molar-refractivity contribution in [2.75, 3.05) is 0 Å². The lowest BCUT2D eigenvalue weighted by atomic mass is 10.1. The number of ether oxygens (including phenoxy) is 4. The molecule has 9 heteroatoms. The van der Waals surface area contributed by atoms with E-state index in [9.17, 15) is 19.2 Å². The van der Waals surface area contributed by atoms with Crippen LogP contribution in [-0.4, -0.2) is 23.9 Å². The number of unbranched alkanes of at least 4 members (excludes halogenated alkanes) is 6. The Hall–Kier alpha value is -3.20. The van der Waals surface area contributed by atoms with Crippen molar-refractivity contribution in [2.45, 2.75) is 104 Å². The van der Waals surface area contributed by atoms with Crippen LogP contribution in [0.5, 0.6) is 17.2 Å². The molecule has 2 aromatic rings. The standard InChI is InChI=1S/C32H41BrO8/c1-4-7-10-17-28(34)39-26-20-24(32(37)38-22-23-15-13-14-16-25(23)33)21-27(40-29(35)18-11-8-5-2)31(26)41-30(36)19-12-9-6-3/h13-16,20-21H,4-12,17-19,22H2,1-3H3. The van der Waals surface area contributed by atoms with Crippen molar-refractivity contribution in [3.63, 3.8) is 0 Å². The second kappa shape index (κ2) is 19.0. The quantitative estimate of drug-likeness (QED) is 0.0918. The van der Waals surface area contributed by atoms with Gasteiger partial charge in [-0.05, 0) is 37.5 Å². The molecular formula is C32H41BrO8. The fraction of sp³-hybridized carbons (Fsp3) is 0.500. The Morgan fingerprint density at radius 2 is 1.12 bits per heavy atom. The lowest BCUT2D eigenvalue weighted by Crippen LogP contribution is -2.16. The highest BCUT2D eigenvalue weighted by Crippen LogP contribution is 2.40. The Morgan fingerprint density at radius 3 is 1.59 bits per heavy atom. The van der Waals surface area contributed by atoms with Crippen molar-refractivity contribution in [2.24, 2.45) is 0 Å². The fourth-order valence-electron chi connectivity index (χ4n) is 3.86. The monoisotopic (exact) mass is 632 g/mol. The van der Waals surface area contributed by atoms with Gasteiger partial charge in [0.1, 0.15) is 6.61 Å². The van der Waals surface area contributed by atoms with Crippen LogP contribution in [0.25, 0.3) is 0 Å². The topological polar surface area (TPSA) is 105 Å². The summed E-state index contributed by atoms with van der Waals surface area (Å²) < 4.78 is 23.1. The van der Waals surface area contributed by atoms with Crippen molar-refractivity contribution in [1.82, 2.24) is 0 Å². The van der Waals surface area contributed by atoms with Gasteiger partial charge >= 0.3 is 23.9 Å². The molecule has 0 aromatic heterocycles. The molecule has 0 amide bonds. The number of carbonyl (C=O) groups excluding carboxylic acids is 4. The lowest BCUT2D eigenvalue weighted by molar-refractivity contribution is -0.138. The molecule has 0 aliphatic carbocycles. The number of hydrogen-bond donors (Lipinski definition) is 0. The summed E-state index contributed by atoms with van der Waals surface area (Å²) in [6, 6.07) is 9.88. The van der Waals surface area contributed by atoms with Gasteiger partial charge in [-0.1, -0.05) is 93.4 Å². The fourth-order valence-corrected chi connectivity index (χ4v) is 4.26. The lowest BCUT2D eigenvalue weighted by Gasteiger charge is -2.16. The van der Waals surface area contributed by atoms with Gasteiger partial charge in [-0.2, -0.15) is 0 Å². The maximum atomic E-state index is 13.1. The summed E-state index contributed by atoms with van der Waals surface area (Å²) in [6.07, 6.45) is 7.57. The van der Waals surface area contributed by atoms with Gasteiger partial charge in [-0.25, -0.2) is 4.79 Å². The predicted octanol–water partition coefficient (Wildman–Crippen LogP) is 8.26. The molecule has 0 saturated carbocycles. The Balaban J connectivity index is 2.43. The van der Waals surface area contributed by atoms with Gasteiger partial charge in [-0.3, -0.25) is 14.4 Å². The maximum absolute atomic E-state index is 13.1. The summed E-state index contributed by atoms with van der Waals surface area (Å²) in [5, 5.41) is 0. The molecule has 8 nitrogen and oxygen atoms in total. The van der Waals surface area contributed by atoms with Gasteiger partial charge in [0.25, 0.3) is 0 Å². The molecule has 0 aliphatic heterocycles. The zero-order chi connectivity index (χ0) is 30.0. The molecule has 0 spiro atoms. The second-order valence-corrected chi connectivity index (χ2v) is 10.6. The largest absolute Gasteiger partial charge is 0.457 e. The first-order chi connectivity index (χ1) is 19.8. The summed E-state index contributed by atoms with van der Waals surface area (Å²) in [7, 11) is 0. The molecule has 0 unspecified atom stereocenters. The van der Waals surface area contributed by atoms with Crippen molar-refractivity contribution < 1.29 is 38.1 Å². The van der Waals surface area contributed by atoms with E-state index in [1.54, 1.807) is 0 Å². The Labute approximate surface area is 251 Å². The average Bonchev–Trinajstić information content (AvgIpc) is 2.94. The molecule has 0 radical (unpaired) electrons. The first kappa shape index (κ1) is 34.0. The molecule has 224 valence electrons. The van der Waals surface area contributed by atoms with E-state index in [-0.39, 0.29) is 48.7 Å². The smallest absolute Gasteiger partial charge is 0.338 e. The van der Waals surface area contributed by atoms with Gasteiger partial charge in [0.05, 0.1) is 5.56 Å². The molecule has 0 aliphatic rings. The second-order valence-electron chi connectivity index (χ2n) is 9.76. The van der Waals surface area contributed by atoms with Gasteiger partial charge < -0.3 is 18.9 Å². The number of halogens is 1. The van der Waals surface area contributed by atoms with E-state index in [1.807, 2.05) is 45.0 Å². The zero-order valence-corrected chi connectivity index (χ0v) is 25.9. The van der Waals surface area contributed by atoms with E-state index >= 15 is 0 Å². The van der Waals surface area contributed by atoms with Gasteiger partial charge in [-0.15, -0.1) is 0 Å². The minimum Gasteiger partial charge on any atom is -0.457 e. The summed E-state index contributed by atoms with van der Waals surface area (Å²) in [6.45, 7) is 6.04. The van der Waals surface area contributed by atoms with Crippen LogP contribution >= 0.6 is 15.9 Å². The summed E-state index contributed by atoms with van der Waals surface area (Å²) >= 11 is 3.43. The van der Waals surface area contributed by atoms with Crippen molar-refractivity contribution in [1.29, 1.82) is 0 Å². The molecular weight excluding hydrogens is 592 g/mol. The molecule has 0 fully saturated rings. The normalized spacial score (nSPS) is 10.6. The zero-order valence-electron chi connectivity index (χ0n) is 24.3. The minimum atomic E-state index is -0.729. The molecule has 0 bridgehead atoms. The Bertz CT molecular complexity index is 1120. The predicted molar refractivity (Wildman–Crippen MR) is 159 cm³/mol. The van der Waals surface area contributed by atoms with E-state index in [4.69, 9.17) is 18.9 Å². The Morgan fingerprint density at radius 1 is 0.659 bits per heavy atom. The average molecular weight is 634 g/mol. The first-order valence-corrected chi connectivity index (χ1v) is 15.3. The van der Waals surface area contributed by atoms with Crippen LogP contribution in [0.4, 0.5) is 0 Å². The summed E-state index contributed by atoms with van der Waals surface area (Å²) in [5.74, 6) is -2.96. The highest BCUT2D eigenvalue weighted by Gasteiger charge is 2.25. The third kappa shape index (κ3) is 12.5. The highest BCUT2D eigenvalue weighted by molar-refractivity contribution is 9.10. The third-order valence-electron chi connectivity index (χ3n) is 6.19. The third-order valence-corrected chi connectivity index (χ3v) is 6.96. The number of esters is 4. The minimum absolute atomic E-state index is 0.0180. The van der Waals surface area contributed by atoms with Gasteiger partial charge in [0.15, 0.2) is 11.5 Å². The van der Waals surface area contributed by atoms with E-state index < -0.39 is 23.9 Å². The summed E-state index contributed by atoms with van der Waals surface area (Å²) in [5.41, 5.74) is 0.735. The number of carbonyl (C=O) groups is 4. The highest BCUT2D eigenvalue weighted by atomic mass is 79.9. The molecule has 2 rings (SSSR count). The van der Waals surface area contributed by atoms with Crippen LogP contribution in [0.3, 0.4) is 0 Å². The molecule has 0 N–H and O–H groups in total. The molecule has 0 atom stereocenters. The number of hydrogen-bond acceptors (Lipinski definition) is 8. The maximum Gasteiger partial charge on any atom is 0.338 e. The van der Waals surface area contributed by atoms with Crippen molar-refractivity contribution in [3.8, 4) is 17.2 Å². The molecule has 0 heterocycles. The van der Waals surface area contributed by atoms with E-state index in [1.165, 1.54) is 12.1 Å². The molecule has 41 heavy (non-hydrogen) atoms. The number of benzene rings is 2. The van der Waals surface area contributed by atoms with E-state index in [0.29, 0.717) is 19.3 Å². The van der Waals surface area contributed by atoms with Crippen LogP contribution in [0.2, 0.25) is 0 Å². The molecule has 0 saturated heterocycles. The number of rotatable bonds is 18. The summed E-state index contributed by atoms with van der Waals surface area (Å²) in [4.78, 5) is 51.2. The van der Waals surface area contributed by atoms with E-state index in [0.717, 1.165) is 48.6 Å². The van der Waals surface area contributed by atoms with Gasteiger partial charge in [0, 0.05) is 29.3 Å². The van der Waals surface area contributed by atoms with Crippen molar-refractivity contribution in [3.05, 3.63) is 52.0 Å². The van der Waals surface area contributed by atoms with E-state index in [2.05, 4.69) is 15.9 Å².